The summed E-state index contributed by atoms with van der Waals surface area (Å²) in [6.45, 7) is 14.6. The molecule has 4 heteroatoms. The van der Waals surface area contributed by atoms with Crippen LogP contribution in [0.15, 0.2) is 24.8 Å². The molecule has 0 rings (SSSR count). The summed E-state index contributed by atoms with van der Waals surface area (Å²) >= 11 is 0. The Morgan fingerprint density at radius 3 is 1.87 bits per heavy atom. The molecule has 4 nitrogen and oxygen atoms in total. The molecule has 0 saturated heterocycles. The van der Waals surface area contributed by atoms with Crippen molar-refractivity contribution < 1.29 is 19.1 Å². The number of carbonyl (C=O) groups is 2. The second-order valence-electron chi connectivity index (χ2n) is 6.82. The summed E-state index contributed by atoms with van der Waals surface area (Å²) < 4.78 is 10.4. The van der Waals surface area contributed by atoms with Crippen LogP contribution in [-0.4, -0.2) is 25.2 Å². The summed E-state index contributed by atoms with van der Waals surface area (Å²) in [5, 5.41) is 0. The van der Waals surface area contributed by atoms with E-state index in [2.05, 4.69) is 27.4 Å². The normalized spacial score (nSPS) is 14.3. The summed E-state index contributed by atoms with van der Waals surface area (Å²) in [5.74, 6) is -2.25. The Labute approximate surface area is 140 Å². The molecule has 0 N–H and O–H groups in total. The van der Waals surface area contributed by atoms with E-state index in [0.717, 1.165) is 19.3 Å². The quantitative estimate of drug-likeness (QED) is 0.444. The molecule has 0 aromatic carbocycles. The molecule has 0 aromatic rings. The SMILES string of the molecule is C=C[C@@H](C(=O)OCCC)[C@H](/C=C/CC(C)(C)C)C(=O)OCCC. The topological polar surface area (TPSA) is 52.6 Å². The zero-order valence-corrected chi connectivity index (χ0v) is 15.3. The summed E-state index contributed by atoms with van der Waals surface area (Å²) in [5.41, 5.74) is 0.112. The van der Waals surface area contributed by atoms with Crippen LogP contribution >= 0.6 is 0 Å². The molecule has 0 aliphatic carbocycles. The van der Waals surface area contributed by atoms with Crippen molar-refractivity contribution in [3.8, 4) is 0 Å². The Bertz CT molecular complexity index is 404. The van der Waals surface area contributed by atoms with E-state index in [1.54, 1.807) is 6.08 Å². The van der Waals surface area contributed by atoms with Crippen LogP contribution in [0.5, 0.6) is 0 Å². The van der Waals surface area contributed by atoms with E-state index in [1.807, 2.05) is 19.9 Å². The Morgan fingerprint density at radius 2 is 1.48 bits per heavy atom. The van der Waals surface area contributed by atoms with Gasteiger partial charge in [-0.2, -0.15) is 0 Å². The summed E-state index contributed by atoms with van der Waals surface area (Å²) in [7, 11) is 0. The first kappa shape index (κ1) is 21.4. The molecule has 0 bridgehead atoms. The van der Waals surface area contributed by atoms with Gasteiger partial charge in [0.15, 0.2) is 0 Å². The van der Waals surface area contributed by atoms with Crippen LogP contribution < -0.4 is 0 Å². The lowest BCUT2D eigenvalue weighted by Crippen LogP contribution is -2.30. The van der Waals surface area contributed by atoms with Crippen molar-refractivity contribution in [2.45, 2.75) is 53.9 Å². The third-order valence-corrected chi connectivity index (χ3v) is 3.16. The van der Waals surface area contributed by atoms with Crippen molar-refractivity contribution in [3.63, 3.8) is 0 Å². The van der Waals surface area contributed by atoms with Gasteiger partial charge in [-0.15, -0.1) is 6.58 Å². The second kappa shape index (κ2) is 11.0. The van der Waals surface area contributed by atoms with Gasteiger partial charge in [-0.3, -0.25) is 9.59 Å². The third kappa shape index (κ3) is 9.22. The number of rotatable bonds is 10. The van der Waals surface area contributed by atoms with Crippen molar-refractivity contribution in [3.05, 3.63) is 24.8 Å². The minimum Gasteiger partial charge on any atom is -0.465 e. The highest BCUT2D eigenvalue weighted by Gasteiger charge is 2.32. The zero-order valence-electron chi connectivity index (χ0n) is 15.3. The van der Waals surface area contributed by atoms with Gasteiger partial charge in [0.05, 0.1) is 25.0 Å². The first-order valence-electron chi connectivity index (χ1n) is 8.39. The number of hydrogen-bond acceptors (Lipinski definition) is 4. The van der Waals surface area contributed by atoms with E-state index in [9.17, 15) is 9.59 Å². The minimum absolute atomic E-state index is 0.112. The average Bonchev–Trinajstić information content (AvgIpc) is 2.48. The van der Waals surface area contributed by atoms with Gasteiger partial charge in [0, 0.05) is 0 Å². The molecule has 0 saturated carbocycles. The fourth-order valence-electron chi connectivity index (χ4n) is 1.90. The van der Waals surface area contributed by atoms with E-state index in [-0.39, 0.29) is 5.41 Å². The molecule has 0 aliphatic heterocycles. The van der Waals surface area contributed by atoms with E-state index in [4.69, 9.17) is 9.47 Å². The lowest BCUT2D eigenvalue weighted by molar-refractivity contribution is -0.157. The molecule has 0 spiro atoms. The minimum atomic E-state index is -0.720. The Hall–Kier alpha value is -1.58. The maximum absolute atomic E-state index is 12.3. The highest BCUT2D eigenvalue weighted by molar-refractivity contribution is 5.84. The van der Waals surface area contributed by atoms with Crippen molar-refractivity contribution in [1.82, 2.24) is 0 Å². The van der Waals surface area contributed by atoms with Crippen LogP contribution in [-0.2, 0) is 19.1 Å². The van der Waals surface area contributed by atoms with Gasteiger partial charge in [0.2, 0.25) is 0 Å². The molecule has 0 amide bonds. The fourth-order valence-corrected chi connectivity index (χ4v) is 1.90. The highest BCUT2D eigenvalue weighted by atomic mass is 16.5. The predicted molar refractivity (Wildman–Crippen MR) is 92.9 cm³/mol. The van der Waals surface area contributed by atoms with Gasteiger partial charge in [-0.1, -0.05) is 52.8 Å². The van der Waals surface area contributed by atoms with E-state index in [1.165, 1.54) is 6.08 Å². The third-order valence-electron chi connectivity index (χ3n) is 3.16. The predicted octanol–water partition coefficient (Wildman–Crippen LogP) is 4.30. The van der Waals surface area contributed by atoms with Crippen LogP contribution in [0.3, 0.4) is 0 Å². The monoisotopic (exact) mass is 324 g/mol. The van der Waals surface area contributed by atoms with E-state index < -0.39 is 23.8 Å². The molecule has 23 heavy (non-hydrogen) atoms. The average molecular weight is 324 g/mol. The van der Waals surface area contributed by atoms with Crippen LogP contribution in [0.4, 0.5) is 0 Å². The van der Waals surface area contributed by atoms with Crippen molar-refractivity contribution in [2.24, 2.45) is 17.3 Å². The smallest absolute Gasteiger partial charge is 0.313 e. The molecule has 0 unspecified atom stereocenters. The molecule has 0 heterocycles. The lowest BCUT2D eigenvalue weighted by Gasteiger charge is -2.20. The van der Waals surface area contributed by atoms with E-state index >= 15 is 0 Å². The maximum Gasteiger partial charge on any atom is 0.313 e. The van der Waals surface area contributed by atoms with E-state index in [0.29, 0.717) is 13.2 Å². The molecule has 0 radical (unpaired) electrons. The van der Waals surface area contributed by atoms with Crippen molar-refractivity contribution >= 4 is 11.9 Å². The van der Waals surface area contributed by atoms with Crippen LogP contribution in [0, 0.1) is 17.3 Å². The molecule has 0 fully saturated rings. The first-order chi connectivity index (χ1) is 10.8. The van der Waals surface area contributed by atoms with Crippen LogP contribution in [0.25, 0.3) is 0 Å². The number of allylic oxidation sites excluding steroid dienone is 1. The molecule has 2 atom stereocenters. The van der Waals surface area contributed by atoms with Gasteiger partial charge in [-0.05, 0) is 24.7 Å². The summed E-state index contributed by atoms with van der Waals surface area (Å²) in [6, 6.07) is 0. The van der Waals surface area contributed by atoms with Crippen LogP contribution in [0.2, 0.25) is 0 Å². The number of carbonyl (C=O) groups excluding carboxylic acids is 2. The number of esters is 2. The lowest BCUT2D eigenvalue weighted by atomic mass is 9.88. The molecule has 0 aliphatic rings. The maximum atomic E-state index is 12.3. The Morgan fingerprint density at radius 1 is 1.00 bits per heavy atom. The zero-order chi connectivity index (χ0) is 17.9. The molecule has 132 valence electrons. The number of hydrogen-bond donors (Lipinski definition) is 0. The molecule has 0 aromatic heterocycles. The Balaban J connectivity index is 5.16. The highest BCUT2D eigenvalue weighted by Crippen LogP contribution is 2.23. The van der Waals surface area contributed by atoms with Gasteiger partial charge in [-0.25, -0.2) is 0 Å². The fraction of sp³-hybridized carbons (Fsp3) is 0.684. The standard InChI is InChI=1S/C19H32O4/c1-7-13-22-17(20)15(9-3)16(18(21)23-14-8-2)11-10-12-19(4,5)6/h9-11,15-16H,3,7-8,12-14H2,1-2,4-6H3/b11-10+/t15-,16+/m1/s1. The summed E-state index contributed by atoms with van der Waals surface area (Å²) in [4.78, 5) is 24.5. The van der Waals surface area contributed by atoms with Crippen molar-refractivity contribution in [2.75, 3.05) is 13.2 Å². The van der Waals surface area contributed by atoms with Crippen LogP contribution in [0.1, 0.15) is 53.9 Å². The number of ether oxygens (including phenoxy) is 2. The summed E-state index contributed by atoms with van der Waals surface area (Å²) in [6.07, 6.45) is 7.43. The second-order valence-corrected chi connectivity index (χ2v) is 6.82. The van der Waals surface area contributed by atoms with Gasteiger partial charge in [0.1, 0.15) is 0 Å². The van der Waals surface area contributed by atoms with Gasteiger partial charge >= 0.3 is 11.9 Å². The largest absolute Gasteiger partial charge is 0.465 e. The Kier molecular flexibility index (Phi) is 10.3. The molecular weight excluding hydrogens is 292 g/mol. The van der Waals surface area contributed by atoms with Gasteiger partial charge in [0.25, 0.3) is 0 Å². The molecular formula is C19H32O4. The van der Waals surface area contributed by atoms with Gasteiger partial charge < -0.3 is 9.47 Å². The first-order valence-corrected chi connectivity index (χ1v) is 8.39. The van der Waals surface area contributed by atoms with Crippen molar-refractivity contribution in [1.29, 1.82) is 0 Å².